The Morgan fingerprint density at radius 3 is 2.73 bits per heavy atom. The largest absolute Gasteiger partial charge is 0.497 e. The topological polar surface area (TPSA) is 27.1 Å². The summed E-state index contributed by atoms with van der Waals surface area (Å²) in [6, 6.07) is 6.10. The zero-order valence-electron chi connectivity index (χ0n) is 8.99. The molecule has 80 valence electrons. The van der Waals surface area contributed by atoms with Crippen molar-refractivity contribution in [2.24, 2.45) is 0 Å². The summed E-state index contributed by atoms with van der Waals surface area (Å²) in [6.07, 6.45) is 0. The first-order valence-electron chi connectivity index (χ1n) is 4.85. The first-order chi connectivity index (χ1) is 7.13. The number of hydrogen-bond donors (Lipinski definition) is 0. The van der Waals surface area contributed by atoms with Gasteiger partial charge < -0.3 is 4.74 Å². The molecule has 0 N–H and O–H groups in total. The molecule has 1 aromatic carbocycles. The van der Waals surface area contributed by atoms with E-state index in [-0.39, 0.29) is 0 Å². The second kappa shape index (κ2) is 3.74. The second-order valence-corrected chi connectivity index (χ2v) is 4.07. The third-order valence-electron chi connectivity index (χ3n) is 2.36. The van der Waals surface area contributed by atoms with E-state index in [1.165, 1.54) is 0 Å². The van der Waals surface area contributed by atoms with E-state index in [1.54, 1.807) is 7.11 Å². The molecule has 0 spiro atoms. The van der Waals surface area contributed by atoms with Gasteiger partial charge in [-0.05, 0) is 32.0 Å². The molecule has 2 rings (SSSR count). The highest BCUT2D eigenvalue weighted by molar-refractivity contribution is 6.34. The van der Waals surface area contributed by atoms with Gasteiger partial charge in [-0.1, -0.05) is 11.6 Å². The van der Waals surface area contributed by atoms with Gasteiger partial charge in [0.15, 0.2) is 5.15 Å². The summed E-state index contributed by atoms with van der Waals surface area (Å²) in [7, 11) is 1.64. The molecule has 4 heteroatoms. The van der Waals surface area contributed by atoms with Crippen molar-refractivity contribution in [3.8, 4) is 5.75 Å². The zero-order chi connectivity index (χ0) is 11.0. The SMILES string of the molecule is COc1ccc2c(c1)c(Cl)nn2C(C)C. The van der Waals surface area contributed by atoms with Crippen LogP contribution in [-0.4, -0.2) is 16.9 Å². The molecule has 2 aromatic rings. The standard InChI is InChI=1S/C11H13ClN2O/c1-7(2)14-10-5-4-8(15-3)6-9(10)11(12)13-14/h4-7H,1-3H3. The van der Waals surface area contributed by atoms with Crippen LogP contribution in [0.25, 0.3) is 10.9 Å². The lowest BCUT2D eigenvalue weighted by Crippen LogP contribution is -2.01. The first-order valence-corrected chi connectivity index (χ1v) is 5.23. The van der Waals surface area contributed by atoms with E-state index in [0.717, 1.165) is 16.7 Å². The molecule has 0 saturated carbocycles. The minimum atomic E-state index is 0.299. The number of fused-ring (bicyclic) bond motifs is 1. The van der Waals surface area contributed by atoms with Crippen molar-refractivity contribution in [1.29, 1.82) is 0 Å². The fraction of sp³-hybridized carbons (Fsp3) is 0.364. The third-order valence-corrected chi connectivity index (χ3v) is 2.64. The van der Waals surface area contributed by atoms with Gasteiger partial charge in [0.2, 0.25) is 0 Å². The number of methoxy groups -OCH3 is 1. The van der Waals surface area contributed by atoms with Crippen LogP contribution >= 0.6 is 11.6 Å². The monoisotopic (exact) mass is 224 g/mol. The molecular formula is C11H13ClN2O. The van der Waals surface area contributed by atoms with Gasteiger partial charge in [0.05, 0.1) is 12.6 Å². The van der Waals surface area contributed by atoms with Crippen LogP contribution in [0.15, 0.2) is 18.2 Å². The Morgan fingerprint density at radius 1 is 1.40 bits per heavy atom. The summed E-state index contributed by atoms with van der Waals surface area (Å²) in [6.45, 7) is 4.15. The van der Waals surface area contributed by atoms with Gasteiger partial charge in [-0.15, -0.1) is 0 Å². The Bertz CT molecular complexity index is 491. The molecule has 15 heavy (non-hydrogen) atoms. The molecule has 0 unspecified atom stereocenters. The van der Waals surface area contributed by atoms with Crippen molar-refractivity contribution in [3.05, 3.63) is 23.4 Å². The lowest BCUT2D eigenvalue weighted by molar-refractivity contribution is 0.415. The molecule has 0 aliphatic rings. The van der Waals surface area contributed by atoms with Crippen LogP contribution in [0.1, 0.15) is 19.9 Å². The fourth-order valence-electron chi connectivity index (χ4n) is 1.60. The number of aromatic nitrogens is 2. The minimum Gasteiger partial charge on any atom is -0.497 e. The Morgan fingerprint density at radius 2 is 2.13 bits per heavy atom. The van der Waals surface area contributed by atoms with Crippen molar-refractivity contribution >= 4 is 22.5 Å². The van der Waals surface area contributed by atoms with E-state index >= 15 is 0 Å². The van der Waals surface area contributed by atoms with Crippen molar-refractivity contribution in [3.63, 3.8) is 0 Å². The maximum atomic E-state index is 6.06. The molecule has 0 saturated heterocycles. The molecule has 3 nitrogen and oxygen atoms in total. The normalized spacial score (nSPS) is 11.3. The number of rotatable bonds is 2. The van der Waals surface area contributed by atoms with Crippen LogP contribution in [0, 0.1) is 0 Å². The lowest BCUT2D eigenvalue weighted by atomic mass is 10.2. The van der Waals surface area contributed by atoms with Crippen molar-refractivity contribution in [1.82, 2.24) is 9.78 Å². The number of benzene rings is 1. The molecular weight excluding hydrogens is 212 g/mol. The van der Waals surface area contributed by atoms with Crippen LogP contribution in [-0.2, 0) is 0 Å². The summed E-state index contributed by atoms with van der Waals surface area (Å²) in [4.78, 5) is 0. The van der Waals surface area contributed by atoms with Crippen molar-refractivity contribution in [2.75, 3.05) is 7.11 Å². The Labute approximate surface area is 93.6 Å². The van der Waals surface area contributed by atoms with Crippen LogP contribution in [0.5, 0.6) is 5.75 Å². The highest BCUT2D eigenvalue weighted by atomic mass is 35.5. The molecule has 0 atom stereocenters. The predicted octanol–water partition coefficient (Wildman–Crippen LogP) is 3.28. The molecule has 1 aromatic heterocycles. The number of hydrogen-bond acceptors (Lipinski definition) is 2. The Kier molecular flexibility index (Phi) is 2.57. The maximum absolute atomic E-state index is 6.06. The van der Waals surface area contributed by atoms with Gasteiger partial charge in [-0.3, -0.25) is 4.68 Å². The smallest absolute Gasteiger partial charge is 0.159 e. The van der Waals surface area contributed by atoms with Crippen LogP contribution in [0.3, 0.4) is 0 Å². The Balaban J connectivity index is 2.69. The summed E-state index contributed by atoms with van der Waals surface area (Å²) >= 11 is 6.06. The highest BCUT2D eigenvalue weighted by Crippen LogP contribution is 2.28. The average Bonchev–Trinajstić information content (AvgIpc) is 2.56. The summed E-state index contributed by atoms with van der Waals surface area (Å²) < 4.78 is 7.07. The molecule has 1 heterocycles. The highest BCUT2D eigenvalue weighted by Gasteiger charge is 2.11. The molecule has 0 fully saturated rings. The van der Waals surface area contributed by atoms with Gasteiger partial charge in [0.25, 0.3) is 0 Å². The van der Waals surface area contributed by atoms with Gasteiger partial charge in [-0.25, -0.2) is 0 Å². The van der Waals surface area contributed by atoms with Crippen LogP contribution in [0.2, 0.25) is 5.15 Å². The second-order valence-electron chi connectivity index (χ2n) is 3.71. The van der Waals surface area contributed by atoms with E-state index in [1.807, 2.05) is 22.9 Å². The maximum Gasteiger partial charge on any atom is 0.159 e. The number of halogens is 1. The van der Waals surface area contributed by atoms with Crippen LogP contribution in [0.4, 0.5) is 0 Å². The summed E-state index contributed by atoms with van der Waals surface area (Å²) in [5.74, 6) is 0.799. The first kappa shape index (κ1) is 10.3. The van der Waals surface area contributed by atoms with Gasteiger partial charge in [0.1, 0.15) is 5.75 Å². The van der Waals surface area contributed by atoms with E-state index in [0.29, 0.717) is 11.2 Å². The summed E-state index contributed by atoms with van der Waals surface area (Å²) in [5.41, 5.74) is 1.04. The third kappa shape index (κ3) is 1.67. The molecule has 0 bridgehead atoms. The Hall–Kier alpha value is -1.22. The predicted molar refractivity (Wildman–Crippen MR) is 61.7 cm³/mol. The number of nitrogens with zero attached hydrogens (tertiary/aromatic N) is 2. The zero-order valence-corrected chi connectivity index (χ0v) is 9.75. The van der Waals surface area contributed by atoms with Crippen molar-refractivity contribution in [2.45, 2.75) is 19.9 Å². The van der Waals surface area contributed by atoms with E-state index in [9.17, 15) is 0 Å². The van der Waals surface area contributed by atoms with E-state index in [2.05, 4.69) is 18.9 Å². The fourth-order valence-corrected chi connectivity index (χ4v) is 1.84. The van der Waals surface area contributed by atoms with Crippen molar-refractivity contribution < 1.29 is 4.74 Å². The number of ether oxygens (including phenoxy) is 1. The van der Waals surface area contributed by atoms with E-state index < -0.39 is 0 Å². The van der Waals surface area contributed by atoms with E-state index in [4.69, 9.17) is 16.3 Å². The van der Waals surface area contributed by atoms with Gasteiger partial charge >= 0.3 is 0 Å². The quantitative estimate of drug-likeness (QED) is 0.783. The lowest BCUT2D eigenvalue weighted by Gasteiger charge is -2.06. The molecule has 0 radical (unpaired) electrons. The average molecular weight is 225 g/mol. The molecule has 0 aliphatic heterocycles. The minimum absolute atomic E-state index is 0.299. The molecule has 0 amide bonds. The summed E-state index contributed by atoms with van der Waals surface area (Å²) in [5, 5.41) is 5.75. The van der Waals surface area contributed by atoms with Crippen LogP contribution < -0.4 is 4.74 Å². The molecule has 0 aliphatic carbocycles. The van der Waals surface area contributed by atoms with Gasteiger partial charge in [0, 0.05) is 11.4 Å². The van der Waals surface area contributed by atoms with Gasteiger partial charge in [-0.2, -0.15) is 5.10 Å².